The van der Waals surface area contributed by atoms with Crippen molar-refractivity contribution < 1.29 is 8.42 Å². The summed E-state index contributed by atoms with van der Waals surface area (Å²) in [6.45, 7) is 4.17. The van der Waals surface area contributed by atoms with E-state index in [0.717, 1.165) is 44.8 Å². The molecule has 0 aromatic heterocycles. The van der Waals surface area contributed by atoms with Gasteiger partial charge in [0.15, 0.2) is 0 Å². The maximum Gasteiger partial charge on any atom is 0.243 e. The highest BCUT2D eigenvalue weighted by Gasteiger charge is 2.31. The van der Waals surface area contributed by atoms with Gasteiger partial charge in [-0.1, -0.05) is 6.07 Å². The van der Waals surface area contributed by atoms with Crippen LogP contribution in [-0.2, 0) is 22.9 Å². The van der Waals surface area contributed by atoms with E-state index >= 15 is 0 Å². The highest BCUT2D eigenvalue weighted by atomic mass is 32.2. The Balaban J connectivity index is 1.46. The van der Waals surface area contributed by atoms with Gasteiger partial charge >= 0.3 is 0 Å². The van der Waals surface area contributed by atoms with Crippen LogP contribution in [0.15, 0.2) is 23.1 Å². The first-order valence-electron chi connectivity index (χ1n) is 8.47. The summed E-state index contributed by atoms with van der Waals surface area (Å²) in [6, 6.07) is 5.73. The largest absolute Gasteiger partial charge is 0.300 e. The van der Waals surface area contributed by atoms with E-state index in [9.17, 15) is 8.42 Å². The lowest BCUT2D eigenvalue weighted by atomic mass is 10.1. The molecule has 0 unspecified atom stereocenters. The first-order chi connectivity index (χ1) is 10.6. The van der Waals surface area contributed by atoms with Crippen LogP contribution in [0.2, 0.25) is 0 Å². The number of fused-ring (bicyclic) bond motifs is 1. The fourth-order valence-corrected chi connectivity index (χ4v) is 5.15. The van der Waals surface area contributed by atoms with Gasteiger partial charge in [-0.2, -0.15) is 4.31 Å². The van der Waals surface area contributed by atoms with Gasteiger partial charge in [-0.25, -0.2) is 8.42 Å². The van der Waals surface area contributed by atoms with Crippen molar-refractivity contribution in [1.29, 1.82) is 0 Å². The zero-order chi connectivity index (χ0) is 15.2. The summed E-state index contributed by atoms with van der Waals surface area (Å²) in [7, 11) is -3.31. The SMILES string of the molecule is O=S(=O)(c1ccc2c(c1)CCC2)N1CCN(CC2CC2)CC1. The lowest BCUT2D eigenvalue weighted by molar-refractivity contribution is 0.182. The molecule has 1 saturated carbocycles. The van der Waals surface area contributed by atoms with E-state index in [1.807, 2.05) is 12.1 Å². The van der Waals surface area contributed by atoms with Crippen molar-refractivity contribution in [2.75, 3.05) is 32.7 Å². The minimum absolute atomic E-state index is 0.490. The summed E-state index contributed by atoms with van der Waals surface area (Å²) in [5.41, 5.74) is 2.56. The number of nitrogens with zero attached hydrogens (tertiary/aromatic N) is 2. The second-order valence-corrected chi connectivity index (χ2v) is 8.87. The molecule has 120 valence electrons. The van der Waals surface area contributed by atoms with E-state index in [-0.39, 0.29) is 0 Å². The fourth-order valence-electron chi connectivity index (χ4n) is 3.68. The molecule has 22 heavy (non-hydrogen) atoms. The molecule has 0 bridgehead atoms. The zero-order valence-corrected chi connectivity index (χ0v) is 13.8. The van der Waals surface area contributed by atoms with Gasteiger partial charge in [-0.3, -0.25) is 0 Å². The van der Waals surface area contributed by atoms with Crippen LogP contribution < -0.4 is 0 Å². The molecular weight excluding hydrogens is 296 g/mol. The Labute approximate surface area is 133 Å². The summed E-state index contributed by atoms with van der Waals surface area (Å²) in [5.74, 6) is 0.875. The molecule has 2 fully saturated rings. The molecule has 3 aliphatic rings. The quantitative estimate of drug-likeness (QED) is 0.851. The average molecular weight is 320 g/mol. The van der Waals surface area contributed by atoms with Crippen LogP contribution in [-0.4, -0.2) is 50.3 Å². The van der Waals surface area contributed by atoms with E-state index in [4.69, 9.17) is 0 Å². The number of benzene rings is 1. The van der Waals surface area contributed by atoms with Crippen LogP contribution in [0.4, 0.5) is 0 Å². The molecule has 5 heteroatoms. The number of hydrogen-bond acceptors (Lipinski definition) is 3. The molecule has 1 aromatic rings. The van der Waals surface area contributed by atoms with Crippen molar-refractivity contribution in [3.8, 4) is 0 Å². The van der Waals surface area contributed by atoms with Gasteiger partial charge in [-0.05, 0) is 61.3 Å². The van der Waals surface area contributed by atoms with Crippen LogP contribution in [0.3, 0.4) is 0 Å². The van der Waals surface area contributed by atoms with Gasteiger partial charge in [0.2, 0.25) is 10.0 Å². The number of sulfonamides is 1. The van der Waals surface area contributed by atoms with Crippen LogP contribution in [0.25, 0.3) is 0 Å². The molecule has 0 atom stereocenters. The van der Waals surface area contributed by atoms with E-state index < -0.39 is 10.0 Å². The van der Waals surface area contributed by atoms with Crippen molar-refractivity contribution in [2.24, 2.45) is 5.92 Å². The Kier molecular flexibility index (Phi) is 3.75. The molecule has 1 heterocycles. The van der Waals surface area contributed by atoms with E-state index in [2.05, 4.69) is 4.90 Å². The van der Waals surface area contributed by atoms with Gasteiger partial charge in [-0.15, -0.1) is 0 Å². The Morgan fingerprint density at radius 2 is 1.73 bits per heavy atom. The maximum absolute atomic E-state index is 12.8. The Hall–Kier alpha value is -0.910. The van der Waals surface area contributed by atoms with Crippen molar-refractivity contribution in [2.45, 2.75) is 37.0 Å². The molecule has 2 aliphatic carbocycles. The van der Waals surface area contributed by atoms with E-state index in [1.165, 1.54) is 24.0 Å². The summed E-state index contributed by atoms with van der Waals surface area (Å²) in [4.78, 5) is 2.91. The average Bonchev–Trinajstić information content (AvgIpc) is 3.21. The molecule has 0 N–H and O–H groups in total. The summed E-state index contributed by atoms with van der Waals surface area (Å²) in [6.07, 6.45) is 5.98. The van der Waals surface area contributed by atoms with Crippen molar-refractivity contribution in [3.63, 3.8) is 0 Å². The Morgan fingerprint density at radius 3 is 2.45 bits per heavy atom. The maximum atomic E-state index is 12.8. The van der Waals surface area contributed by atoms with Gasteiger partial charge in [0, 0.05) is 32.7 Å². The Bertz CT molecular complexity index is 659. The van der Waals surface area contributed by atoms with Gasteiger partial charge in [0.25, 0.3) is 0 Å². The molecule has 0 amide bonds. The first kappa shape index (κ1) is 14.7. The molecule has 0 spiro atoms. The summed E-state index contributed by atoms with van der Waals surface area (Å²) in [5, 5.41) is 0. The first-order valence-corrected chi connectivity index (χ1v) is 9.91. The molecule has 1 saturated heterocycles. The third-order valence-corrected chi connectivity index (χ3v) is 7.15. The lowest BCUT2D eigenvalue weighted by Crippen LogP contribution is -2.49. The number of piperazine rings is 1. The fraction of sp³-hybridized carbons (Fsp3) is 0.647. The van der Waals surface area contributed by atoms with Gasteiger partial charge in [0.05, 0.1) is 4.90 Å². The van der Waals surface area contributed by atoms with Crippen molar-refractivity contribution in [3.05, 3.63) is 29.3 Å². The molecule has 4 rings (SSSR count). The van der Waals surface area contributed by atoms with Gasteiger partial charge < -0.3 is 4.90 Å². The normalized spacial score (nSPS) is 23.6. The lowest BCUT2D eigenvalue weighted by Gasteiger charge is -2.34. The second-order valence-electron chi connectivity index (χ2n) is 6.93. The molecule has 0 radical (unpaired) electrons. The summed E-state index contributed by atoms with van der Waals surface area (Å²) >= 11 is 0. The smallest absolute Gasteiger partial charge is 0.243 e. The number of aryl methyl sites for hydroxylation is 2. The highest BCUT2D eigenvalue weighted by molar-refractivity contribution is 7.89. The molecular formula is C17H24N2O2S. The standard InChI is InChI=1S/C17H24N2O2S/c20-22(21,17-7-6-15-2-1-3-16(15)12-17)19-10-8-18(9-11-19)13-14-4-5-14/h6-7,12,14H,1-5,8-11,13H2. The molecule has 4 nitrogen and oxygen atoms in total. The number of hydrogen-bond donors (Lipinski definition) is 0. The third-order valence-electron chi connectivity index (χ3n) is 5.25. The monoisotopic (exact) mass is 320 g/mol. The number of rotatable bonds is 4. The molecule has 1 aliphatic heterocycles. The van der Waals surface area contributed by atoms with Crippen LogP contribution in [0, 0.1) is 5.92 Å². The van der Waals surface area contributed by atoms with E-state index in [1.54, 1.807) is 10.4 Å². The van der Waals surface area contributed by atoms with Crippen molar-refractivity contribution >= 4 is 10.0 Å². The van der Waals surface area contributed by atoms with Gasteiger partial charge in [0.1, 0.15) is 0 Å². The van der Waals surface area contributed by atoms with Crippen molar-refractivity contribution in [1.82, 2.24) is 9.21 Å². The second kappa shape index (κ2) is 5.62. The van der Waals surface area contributed by atoms with E-state index in [0.29, 0.717) is 18.0 Å². The predicted octanol–water partition coefficient (Wildman–Crippen LogP) is 1.89. The minimum atomic E-state index is -3.31. The highest BCUT2D eigenvalue weighted by Crippen LogP contribution is 2.30. The zero-order valence-electron chi connectivity index (χ0n) is 13.0. The topological polar surface area (TPSA) is 40.6 Å². The third kappa shape index (κ3) is 2.82. The predicted molar refractivity (Wildman–Crippen MR) is 86.4 cm³/mol. The summed E-state index contributed by atoms with van der Waals surface area (Å²) < 4.78 is 27.3. The van der Waals surface area contributed by atoms with Crippen LogP contribution in [0.5, 0.6) is 0 Å². The van der Waals surface area contributed by atoms with Crippen LogP contribution >= 0.6 is 0 Å². The minimum Gasteiger partial charge on any atom is -0.300 e. The van der Waals surface area contributed by atoms with Crippen LogP contribution in [0.1, 0.15) is 30.4 Å². The molecule has 1 aromatic carbocycles. The Morgan fingerprint density at radius 1 is 1.00 bits per heavy atom.